The van der Waals surface area contributed by atoms with Crippen molar-refractivity contribution < 1.29 is 22.7 Å². The summed E-state index contributed by atoms with van der Waals surface area (Å²) in [4.78, 5) is 23.6. The largest absolute Gasteiger partial charge is 0.444 e. The smallest absolute Gasteiger partial charge is 0.416 e. The van der Waals surface area contributed by atoms with E-state index in [1.165, 1.54) is 12.1 Å². The number of amides is 1. The number of ether oxygens (including phenoxy) is 1. The zero-order chi connectivity index (χ0) is 24.7. The standard InChI is InChI=1S/C24H26F3N5O2/c1-23(2,3)34-22(33)32-12-9-17-19(14-32)28-20(29-21(17)18-10-11-31(4)30-18)13-15-5-7-16(8-6-15)24(25,26)27/h5-8,10-11H,9,12-14H2,1-4H3. The highest BCUT2D eigenvalue weighted by Gasteiger charge is 2.31. The lowest BCUT2D eigenvalue weighted by molar-refractivity contribution is -0.137. The van der Waals surface area contributed by atoms with E-state index in [0.29, 0.717) is 41.4 Å². The van der Waals surface area contributed by atoms with Crippen LogP contribution in [-0.2, 0) is 37.3 Å². The third-order valence-corrected chi connectivity index (χ3v) is 5.36. The van der Waals surface area contributed by atoms with Crippen molar-refractivity contribution in [1.29, 1.82) is 0 Å². The predicted molar refractivity (Wildman–Crippen MR) is 119 cm³/mol. The van der Waals surface area contributed by atoms with Crippen LogP contribution in [0.1, 0.15) is 49.0 Å². The average molecular weight is 473 g/mol. The maximum Gasteiger partial charge on any atom is 0.416 e. The summed E-state index contributed by atoms with van der Waals surface area (Å²) >= 11 is 0. The Balaban J connectivity index is 1.67. The molecule has 4 rings (SSSR count). The van der Waals surface area contributed by atoms with Gasteiger partial charge in [-0.15, -0.1) is 0 Å². The van der Waals surface area contributed by atoms with Gasteiger partial charge in [0, 0.05) is 31.8 Å². The third-order valence-electron chi connectivity index (χ3n) is 5.36. The van der Waals surface area contributed by atoms with Crippen LogP contribution in [-0.4, -0.2) is 42.9 Å². The number of hydrogen-bond acceptors (Lipinski definition) is 5. The van der Waals surface area contributed by atoms with Crippen LogP contribution in [0, 0.1) is 0 Å². The molecule has 7 nitrogen and oxygen atoms in total. The molecule has 1 amide bonds. The molecule has 0 unspecified atom stereocenters. The van der Waals surface area contributed by atoms with Crippen molar-refractivity contribution in [2.75, 3.05) is 6.54 Å². The van der Waals surface area contributed by atoms with Gasteiger partial charge in [0.1, 0.15) is 17.1 Å². The molecule has 10 heteroatoms. The number of hydrogen-bond donors (Lipinski definition) is 0. The molecule has 2 aromatic heterocycles. The van der Waals surface area contributed by atoms with Crippen molar-refractivity contribution in [3.63, 3.8) is 0 Å². The van der Waals surface area contributed by atoms with Gasteiger partial charge in [0.15, 0.2) is 0 Å². The van der Waals surface area contributed by atoms with Crippen LogP contribution in [0.3, 0.4) is 0 Å². The Morgan fingerprint density at radius 3 is 2.38 bits per heavy atom. The van der Waals surface area contributed by atoms with E-state index in [4.69, 9.17) is 9.72 Å². The lowest BCUT2D eigenvalue weighted by atomic mass is 10.0. The molecule has 0 saturated carbocycles. The fourth-order valence-corrected chi connectivity index (χ4v) is 3.79. The number of nitrogens with zero attached hydrogens (tertiary/aromatic N) is 5. The average Bonchev–Trinajstić information content (AvgIpc) is 3.17. The van der Waals surface area contributed by atoms with Crippen LogP contribution < -0.4 is 0 Å². The molecule has 0 radical (unpaired) electrons. The molecular formula is C24H26F3N5O2. The minimum atomic E-state index is -4.39. The molecule has 0 spiro atoms. The maximum atomic E-state index is 12.9. The molecule has 3 heterocycles. The van der Waals surface area contributed by atoms with Crippen LogP contribution in [0.2, 0.25) is 0 Å². The van der Waals surface area contributed by atoms with Gasteiger partial charge in [0.25, 0.3) is 0 Å². The lowest BCUT2D eigenvalue weighted by Crippen LogP contribution is -2.40. The zero-order valence-electron chi connectivity index (χ0n) is 19.5. The van der Waals surface area contributed by atoms with Crippen molar-refractivity contribution in [1.82, 2.24) is 24.6 Å². The van der Waals surface area contributed by atoms with Gasteiger partial charge >= 0.3 is 12.3 Å². The van der Waals surface area contributed by atoms with E-state index >= 15 is 0 Å². The number of carbonyl (C=O) groups is 1. The Hall–Kier alpha value is -3.43. The molecule has 1 aromatic carbocycles. The second-order valence-corrected chi connectivity index (χ2v) is 9.31. The minimum Gasteiger partial charge on any atom is -0.444 e. The summed E-state index contributed by atoms with van der Waals surface area (Å²) in [5.74, 6) is 0.449. The fraction of sp³-hybridized carbons (Fsp3) is 0.417. The predicted octanol–water partition coefficient (Wildman–Crippen LogP) is 4.78. The molecule has 0 bridgehead atoms. The molecule has 0 fully saturated rings. The van der Waals surface area contributed by atoms with Crippen LogP contribution in [0.15, 0.2) is 36.5 Å². The highest BCUT2D eigenvalue weighted by molar-refractivity contribution is 5.69. The van der Waals surface area contributed by atoms with Crippen molar-refractivity contribution in [2.45, 2.75) is 51.9 Å². The van der Waals surface area contributed by atoms with E-state index < -0.39 is 23.4 Å². The van der Waals surface area contributed by atoms with E-state index in [-0.39, 0.29) is 13.0 Å². The first-order chi connectivity index (χ1) is 15.9. The van der Waals surface area contributed by atoms with Crippen molar-refractivity contribution >= 4 is 6.09 Å². The molecule has 34 heavy (non-hydrogen) atoms. The molecule has 0 saturated heterocycles. The number of fused-ring (bicyclic) bond motifs is 1. The quantitative estimate of drug-likeness (QED) is 0.548. The molecular weight excluding hydrogens is 447 g/mol. The Kier molecular flexibility index (Phi) is 6.09. The number of rotatable bonds is 3. The first kappa shape index (κ1) is 23.7. The summed E-state index contributed by atoms with van der Waals surface area (Å²) in [5, 5.41) is 4.47. The van der Waals surface area contributed by atoms with Crippen LogP contribution in [0.4, 0.5) is 18.0 Å². The third kappa shape index (κ3) is 5.37. The van der Waals surface area contributed by atoms with E-state index in [0.717, 1.165) is 17.7 Å². The Labute approximate surface area is 195 Å². The number of aromatic nitrogens is 4. The summed E-state index contributed by atoms with van der Waals surface area (Å²) in [6.45, 7) is 6.15. The van der Waals surface area contributed by atoms with Crippen molar-refractivity contribution in [3.8, 4) is 11.4 Å². The summed E-state index contributed by atoms with van der Waals surface area (Å²) in [7, 11) is 1.81. The van der Waals surface area contributed by atoms with Gasteiger partial charge in [-0.3, -0.25) is 4.68 Å². The first-order valence-corrected chi connectivity index (χ1v) is 10.9. The number of carbonyl (C=O) groups excluding carboxylic acids is 1. The van der Waals surface area contributed by atoms with E-state index in [1.807, 2.05) is 40.1 Å². The molecule has 1 aliphatic rings. The van der Waals surface area contributed by atoms with Crippen LogP contribution in [0.25, 0.3) is 11.4 Å². The Bertz CT molecular complexity index is 1200. The van der Waals surface area contributed by atoms with Gasteiger partial charge in [0.05, 0.1) is 23.5 Å². The van der Waals surface area contributed by atoms with Crippen molar-refractivity contribution in [3.05, 3.63) is 64.7 Å². The molecule has 1 aliphatic heterocycles. The Morgan fingerprint density at radius 1 is 1.09 bits per heavy atom. The van der Waals surface area contributed by atoms with Gasteiger partial charge in [0.2, 0.25) is 0 Å². The minimum absolute atomic E-state index is 0.248. The van der Waals surface area contributed by atoms with E-state index in [1.54, 1.807) is 9.58 Å². The van der Waals surface area contributed by atoms with Gasteiger partial charge in [-0.25, -0.2) is 14.8 Å². The van der Waals surface area contributed by atoms with Gasteiger partial charge in [-0.2, -0.15) is 18.3 Å². The molecule has 0 N–H and O–H groups in total. The second kappa shape index (κ2) is 8.73. The van der Waals surface area contributed by atoms with Crippen LogP contribution in [0.5, 0.6) is 0 Å². The van der Waals surface area contributed by atoms with Crippen LogP contribution >= 0.6 is 0 Å². The monoisotopic (exact) mass is 473 g/mol. The highest BCUT2D eigenvalue weighted by atomic mass is 19.4. The van der Waals surface area contributed by atoms with E-state index in [2.05, 4.69) is 10.1 Å². The van der Waals surface area contributed by atoms with Gasteiger partial charge < -0.3 is 9.64 Å². The molecule has 0 aliphatic carbocycles. The molecule has 180 valence electrons. The normalized spacial score (nSPS) is 14.1. The molecule has 3 aromatic rings. The summed E-state index contributed by atoms with van der Waals surface area (Å²) in [5.41, 5.74) is 2.29. The highest BCUT2D eigenvalue weighted by Crippen LogP contribution is 2.30. The Morgan fingerprint density at radius 2 is 1.79 bits per heavy atom. The van der Waals surface area contributed by atoms with Gasteiger partial charge in [-0.05, 0) is 51.0 Å². The summed E-state index contributed by atoms with van der Waals surface area (Å²) in [6.07, 6.45) is -2.20. The first-order valence-electron chi connectivity index (χ1n) is 10.9. The van der Waals surface area contributed by atoms with Gasteiger partial charge in [-0.1, -0.05) is 12.1 Å². The number of halogens is 3. The lowest BCUT2D eigenvalue weighted by Gasteiger charge is -2.31. The van der Waals surface area contributed by atoms with Crippen molar-refractivity contribution in [2.24, 2.45) is 7.05 Å². The summed E-state index contributed by atoms with van der Waals surface area (Å²) < 4.78 is 45.9. The SMILES string of the molecule is Cn1ccc(-c2nc(Cc3ccc(C(F)(F)F)cc3)nc3c2CCN(C(=O)OC(C)(C)C)C3)n1. The number of benzene rings is 1. The number of aryl methyl sites for hydroxylation is 1. The van der Waals surface area contributed by atoms with E-state index in [9.17, 15) is 18.0 Å². The maximum absolute atomic E-state index is 12.9. The second-order valence-electron chi connectivity index (χ2n) is 9.31. The summed E-state index contributed by atoms with van der Waals surface area (Å²) in [6, 6.07) is 6.82. The topological polar surface area (TPSA) is 73.1 Å². The number of alkyl halides is 3. The fourth-order valence-electron chi connectivity index (χ4n) is 3.79. The molecule has 0 atom stereocenters. The zero-order valence-corrected chi connectivity index (χ0v) is 19.5.